The van der Waals surface area contributed by atoms with Crippen LogP contribution in [0, 0.1) is 20.2 Å². The van der Waals surface area contributed by atoms with Gasteiger partial charge in [0.25, 0.3) is 0 Å². The third kappa shape index (κ3) is 2.33. The normalized spacial score (nSPS) is 9.60. The van der Waals surface area contributed by atoms with Crippen LogP contribution in [0.5, 0.6) is 0 Å². The van der Waals surface area contributed by atoms with E-state index in [4.69, 9.17) is 0 Å². The Hall–Kier alpha value is -2.31. The van der Waals surface area contributed by atoms with E-state index in [9.17, 15) is 25.0 Å². The van der Waals surface area contributed by atoms with Gasteiger partial charge in [-0.2, -0.15) is 0 Å². The molecule has 0 bridgehead atoms. The van der Waals surface area contributed by atoms with Gasteiger partial charge in [-0.05, 0) is 5.56 Å². The molecular weight excluding hydrogens is 204 g/mol. The fourth-order valence-electron chi connectivity index (χ4n) is 1.06. The summed E-state index contributed by atoms with van der Waals surface area (Å²) in [5.74, 6) is 0. The van der Waals surface area contributed by atoms with E-state index in [0.29, 0.717) is 5.56 Å². The Morgan fingerprint density at radius 2 is 1.73 bits per heavy atom. The molecule has 0 amide bonds. The highest BCUT2D eigenvalue weighted by molar-refractivity contribution is 5.60. The summed E-state index contributed by atoms with van der Waals surface area (Å²) in [6.45, 7) is 0. The van der Waals surface area contributed by atoms with Gasteiger partial charge in [-0.25, -0.2) is 0 Å². The molecule has 0 saturated carbocycles. The maximum absolute atomic E-state index is 10.5. The fraction of sp³-hybridized carbons (Fsp3) is 0.125. The van der Waals surface area contributed by atoms with Crippen molar-refractivity contribution in [1.82, 2.24) is 0 Å². The van der Waals surface area contributed by atoms with Gasteiger partial charge in [-0.3, -0.25) is 25.0 Å². The number of nitrogens with zero attached hydrogens (tertiary/aromatic N) is 2. The summed E-state index contributed by atoms with van der Waals surface area (Å²) in [6, 6.07) is 3.30. The third-order valence-electron chi connectivity index (χ3n) is 1.71. The minimum absolute atomic E-state index is 0.126. The molecule has 0 aliphatic rings. The van der Waals surface area contributed by atoms with Gasteiger partial charge < -0.3 is 0 Å². The van der Waals surface area contributed by atoms with Crippen molar-refractivity contribution >= 4 is 17.7 Å². The molecule has 0 unspecified atom stereocenters. The zero-order valence-electron chi connectivity index (χ0n) is 7.37. The van der Waals surface area contributed by atoms with Crippen LogP contribution < -0.4 is 0 Å². The number of nitro benzene ring substituents is 2. The topological polar surface area (TPSA) is 103 Å². The highest BCUT2D eigenvalue weighted by Gasteiger charge is 2.23. The van der Waals surface area contributed by atoms with Crippen molar-refractivity contribution in [3.63, 3.8) is 0 Å². The highest BCUT2D eigenvalue weighted by atomic mass is 16.6. The van der Waals surface area contributed by atoms with E-state index in [1.807, 2.05) is 0 Å². The van der Waals surface area contributed by atoms with E-state index in [2.05, 4.69) is 0 Å². The zero-order valence-corrected chi connectivity index (χ0v) is 7.37. The van der Waals surface area contributed by atoms with E-state index in [1.54, 1.807) is 6.29 Å². The van der Waals surface area contributed by atoms with Crippen molar-refractivity contribution in [3.8, 4) is 0 Å². The Morgan fingerprint density at radius 1 is 1.13 bits per heavy atom. The van der Waals surface area contributed by atoms with E-state index < -0.39 is 21.2 Å². The van der Waals surface area contributed by atoms with Crippen molar-refractivity contribution in [1.29, 1.82) is 0 Å². The van der Waals surface area contributed by atoms with Crippen LogP contribution in [0.25, 0.3) is 0 Å². The van der Waals surface area contributed by atoms with Crippen LogP contribution in [0.1, 0.15) is 5.56 Å². The molecule has 1 aromatic rings. The van der Waals surface area contributed by atoms with E-state index >= 15 is 0 Å². The zero-order chi connectivity index (χ0) is 11.4. The molecular formula is C8H5N2O5. The highest BCUT2D eigenvalue weighted by Crippen LogP contribution is 2.27. The summed E-state index contributed by atoms with van der Waals surface area (Å²) >= 11 is 0. The van der Waals surface area contributed by atoms with Crippen LogP contribution in [0.4, 0.5) is 11.4 Å². The average molecular weight is 209 g/mol. The lowest BCUT2D eigenvalue weighted by Crippen LogP contribution is -1.98. The minimum atomic E-state index is -0.855. The van der Waals surface area contributed by atoms with Crippen molar-refractivity contribution in [2.24, 2.45) is 0 Å². The van der Waals surface area contributed by atoms with Gasteiger partial charge in [-0.1, -0.05) is 6.07 Å². The number of rotatable bonds is 4. The molecule has 7 heteroatoms. The summed E-state index contributed by atoms with van der Waals surface area (Å²) in [5.41, 5.74) is -0.885. The van der Waals surface area contributed by atoms with Gasteiger partial charge in [0.2, 0.25) is 6.29 Å². The van der Waals surface area contributed by atoms with Gasteiger partial charge in [0.15, 0.2) is 0 Å². The SMILES string of the molecule is O=[C]Cc1ccc([N+](=O)[O-])c([N+](=O)[O-])c1. The molecule has 0 saturated heterocycles. The molecule has 0 N–H and O–H groups in total. The van der Waals surface area contributed by atoms with Crippen LogP contribution in [0.3, 0.4) is 0 Å². The van der Waals surface area contributed by atoms with E-state index in [1.165, 1.54) is 6.07 Å². The molecule has 15 heavy (non-hydrogen) atoms. The Morgan fingerprint density at radius 3 is 2.20 bits per heavy atom. The Labute approximate surface area is 83.6 Å². The van der Waals surface area contributed by atoms with Crippen molar-refractivity contribution in [2.75, 3.05) is 0 Å². The molecule has 0 aliphatic carbocycles. The molecule has 1 rings (SSSR count). The average Bonchev–Trinajstić information content (AvgIpc) is 2.17. The molecule has 77 valence electrons. The summed E-state index contributed by atoms with van der Waals surface area (Å²) < 4.78 is 0. The summed E-state index contributed by atoms with van der Waals surface area (Å²) in [4.78, 5) is 29.3. The lowest BCUT2D eigenvalue weighted by molar-refractivity contribution is -0.422. The molecule has 0 spiro atoms. The van der Waals surface area contributed by atoms with Gasteiger partial charge in [-0.15, -0.1) is 0 Å². The monoisotopic (exact) mass is 209 g/mol. The van der Waals surface area contributed by atoms with Crippen molar-refractivity contribution < 1.29 is 14.6 Å². The van der Waals surface area contributed by atoms with E-state index in [0.717, 1.165) is 12.1 Å². The van der Waals surface area contributed by atoms with Crippen LogP contribution in [0.2, 0.25) is 0 Å². The van der Waals surface area contributed by atoms with Crippen LogP contribution in [-0.2, 0) is 11.2 Å². The van der Waals surface area contributed by atoms with Gasteiger partial charge in [0.05, 0.1) is 9.85 Å². The lowest BCUT2D eigenvalue weighted by atomic mass is 10.1. The maximum Gasteiger partial charge on any atom is 0.346 e. The van der Waals surface area contributed by atoms with Gasteiger partial charge >= 0.3 is 11.4 Å². The Kier molecular flexibility index (Phi) is 3.06. The quantitative estimate of drug-likeness (QED) is 0.546. The molecule has 1 aromatic carbocycles. The first-order chi connectivity index (χ1) is 7.06. The fourth-order valence-corrected chi connectivity index (χ4v) is 1.06. The molecule has 0 atom stereocenters. The molecule has 7 nitrogen and oxygen atoms in total. The lowest BCUT2D eigenvalue weighted by Gasteiger charge is -1.96. The van der Waals surface area contributed by atoms with Crippen LogP contribution in [-0.4, -0.2) is 16.1 Å². The number of hydrogen-bond acceptors (Lipinski definition) is 5. The molecule has 0 aliphatic heterocycles. The van der Waals surface area contributed by atoms with E-state index in [-0.39, 0.29) is 6.42 Å². The van der Waals surface area contributed by atoms with Gasteiger partial charge in [0, 0.05) is 18.6 Å². The third-order valence-corrected chi connectivity index (χ3v) is 1.71. The summed E-state index contributed by atoms with van der Waals surface area (Å²) in [7, 11) is 0. The minimum Gasteiger partial charge on any atom is -0.291 e. The van der Waals surface area contributed by atoms with Gasteiger partial charge in [0.1, 0.15) is 0 Å². The molecule has 0 fully saturated rings. The summed E-state index contributed by atoms with van der Waals surface area (Å²) in [5, 5.41) is 20.9. The first-order valence-electron chi connectivity index (χ1n) is 3.83. The molecule has 0 heterocycles. The Balaban J connectivity index is 3.26. The molecule has 0 aromatic heterocycles. The van der Waals surface area contributed by atoms with Crippen molar-refractivity contribution in [2.45, 2.75) is 6.42 Å². The second kappa shape index (κ2) is 4.27. The summed E-state index contributed by atoms with van der Waals surface area (Å²) in [6.07, 6.45) is 1.43. The first-order valence-corrected chi connectivity index (χ1v) is 3.83. The second-order valence-corrected chi connectivity index (χ2v) is 2.66. The first kappa shape index (κ1) is 10.8. The predicted molar refractivity (Wildman–Crippen MR) is 49.1 cm³/mol. The Bertz CT molecular complexity index is 429. The number of nitro groups is 2. The predicted octanol–water partition coefficient (Wildman–Crippen LogP) is 1.16. The molecule has 1 radical (unpaired) electrons. The number of benzene rings is 1. The maximum atomic E-state index is 10.5. The van der Waals surface area contributed by atoms with Crippen LogP contribution >= 0.6 is 0 Å². The largest absolute Gasteiger partial charge is 0.346 e. The van der Waals surface area contributed by atoms with Crippen molar-refractivity contribution in [3.05, 3.63) is 44.0 Å². The smallest absolute Gasteiger partial charge is 0.291 e. The number of carbonyl (C=O) groups excluding carboxylic acids is 1. The van der Waals surface area contributed by atoms with Crippen LogP contribution in [0.15, 0.2) is 18.2 Å². The number of hydrogen-bond donors (Lipinski definition) is 0. The standard InChI is InChI=1S/C8H5N2O5/c11-4-3-6-1-2-7(9(12)13)8(5-6)10(14)15/h1-2,5H,3H2. The second-order valence-electron chi connectivity index (χ2n) is 2.66.